The lowest BCUT2D eigenvalue weighted by molar-refractivity contribution is 0.210. The van der Waals surface area contributed by atoms with Crippen molar-refractivity contribution in [2.24, 2.45) is 0 Å². The highest BCUT2D eigenvalue weighted by atomic mass is 35.5. The predicted molar refractivity (Wildman–Crippen MR) is 64.4 cm³/mol. The van der Waals surface area contributed by atoms with Gasteiger partial charge in [0.2, 0.25) is 0 Å². The molecule has 0 saturated carbocycles. The monoisotopic (exact) mass is 251 g/mol. The number of benzene rings is 1. The summed E-state index contributed by atoms with van der Waals surface area (Å²) in [5.74, 6) is -0.468. The Hall–Kier alpha value is -1.45. The Morgan fingerprint density at radius 3 is 2.82 bits per heavy atom. The number of rotatable bonds is 2. The van der Waals surface area contributed by atoms with E-state index in [2.05, 4.69) is 4.98 Å². The first-order valence-corrected chi connectivity index (χ1v) is 5.52. The first-order valence-electron chi connectivity index (χ1n) is 5.14. The molecule has 88 valence electrons. The molecule has 1 N–H and O–H groups in total. The minimum Gasteiger partial charge on any atom is -0.382 e. The van der Waals surface area contributed by atoms with Crippen molar-refractivity contribution in [3.63, 3.8) is 0 Å². The van der Waals surface area contributed by atoms with E-state index in [1.807, 2.05) is 6.92 Å². The summed E-state index contributed by atoms with van der Waals surface area (Å²) in [5.41, 5.74) is 1.32. The van der Waals surface area contributed by atoms with Gasteiger partial charge in [0, 0.05) is 11.8 Å². The fraction of sp³-hybridized carbons (Fsp3) is 0.154. The van der Waals surface area contributed by atoms with E-state index in [0.717, 1.165) is 5.56 Å². The Morgan fingerprint density at radius 1 is 1.35 bits per heavy atom. The lowest BCUT2D eigenvalue weighted by atomic mass is 10.0. The molecule has 0 amide bonds. The molecular formula is C13H11ClFNO. The van der Waals surface area contributed by atoms with Crippen LogP contribution >= 0.6 is 11.6 Å². The highest BCUT2D eigenvalue weighted by molar-refractivity contribution is 6.31. The van der Waals surface area contributed by atoms with E-state index in [-0.39, 0.29) is 11.3 Å². The zero-order valence-corrected chi connectivity index (χ0v) is 9.95. The summed E-state index contributed by atoms with van der Waals surface area (Å²) >= 11 is 5.92. The first kappa shape index (κ1) is 12.0. The average Bonchev–Trinajstić information content (AvgIpc) is 2.32. The molecule has 0 aliphatic carbocycles. The van der Waals surface area contributed by atoms with Gasteiger partial charge in [0.1, 0.15) is 11.9 Å². The Bertz CT molecular complexity index is 545. The average molecular weight is 252 g/mol. The minimum atomic E-state index is -1.15. The molecule has 17 heavy (non-hydrogen) atoms. The Labute approximate surface area is 104 Å². The Kier molecular flexibility index (Phi) is 3.41. The van der Waals surface area contributed by atoms with Crippen molar-refractivity contribution in [3.05, 3.63) is 64.2 Å². The van der Waals surface area contributed by atoms with E-state index in [9.17, 15) is 9.50 Å². The van der Waals surface area contributed by atoms with Crippen LogP contribution in [0.2, 0.25) is 5.02 Å². The fourth-order valence-corrected chi connectivity index (χ4v) is 1.84. The van der Waals surface area contributed by atoms with Crippen molar-refractivity contribution in [2.45, 2.75) is 13.0 Å². The van der Waals surface area contributed by atoms with Gasteiger partial charge in [0.25, 0.3) is 0 Å². The topological polar surface area (TPSA) is 33.1 Å². The molecule has 0 saturated heterocycles. The smallest absolute Gasteiger partial charge is 0.129 e. The second kappa shape index (κ2) is 4.82. The normalized spacial score (nSPS) is 12.5. The maximum Gasteiger partial charge on any atom is 0.129 e. The molecule has 1 heterocycles. The minimum absolute atomic E-state index is 0.186. The van der Waals surface area contributed by atoms with Crippen LogP contribution in [-0.4, -0.2) is 10.1 Å². The number of aliphatic hydroxyl groups excluding tert-OH is 1. The van der Waals surface area contributed by atoms with E-state index in [1.165, 1.54) is 12.3 Å². The van der Waals surface area contributed by atoms with Crippen molar-refractivity contribution in [2.75, 3.05) is 0 Å². The van der Waals surface area contributed by atoms with Gasteiger partial charge in [0.05, 0.1) is 10.7 Å². The summed E-state index contributed by atoms with van der Waals surface area (Å²) in [6.45, 7) is 1.83. The summed E-state index contributed by atoms with van der Waals surface area (Å²) in [5, 5.41) is 10.4. The second-order valence-electron chi connectivity index (χ2n) is 3.80. The number of halogens is 2. The molecule has 1 unspecified atom stereocenters. The number of pyridine rings is 1. The third kappa shape index (κ3) is 2.46. The van der Waals surface area contributed by atoms with Gasteiger partial charge in [-0.25, -0.2) is 4.39 Å². The van der Waals surface area contributed by atoms with Crippen LogP contribution in [0.5, 0.6) is 0 Å². The highest BCUT2D eigenvalue weighted by Crippen LogP contribution is 2.28. The molecular weight excluding hydrogens is 241 g/mol. The second-order valence-corrected chi connectivity index (χ2v) is 4.21. The quantitative estimate of drug-likeness (QED) is 0.889. The van der Waals surface area contributed by atoms with Gasteiger partial charge in [0.15, 0.2) is 0 Å². The maximum absolute atomic E-state index is 13.6. The number of aliphatic hydroxyl groups is 1. The lowest BCUT2D eigenvalue weighted by Crippen LogP contribution is -2.05. The van der Waals surface area contributed by atoms with Gasteiger partial charge in [-0.15, -0.1) is 0 Å². The van der Waals surface area contributed by atoms with E-state index in [0.29, 0.717) is 5.02 Å². The molecule has 0 aliphatic rings. The molecule has 0 aliphatic heterocycles. The van der Waals surface area contributed by atoms with Gasteiger partial charge in [-0.2, -0.15) is 0 Å². The largest absolute Gasteiger partial charge is 0.382 e. The maximum atomic E-state index is 13.6. The number of nitrogens with zero attached hydrogens (tertiary/aromatic N) is 1. The fourth-order valence-electron chi connectivity index (χ4n) is 1.62. The van der Waals surface area contributed by atoms with E-state index in [4.69, 9.17) is 11.6 Å². The number of hydrogen-bond acceptors (Lipinski definition) is 2. The molecule has 2 rings (SSSR count). The predicted octanol–water partition coefficient (Wildman–Crippen LogP) is 3.26. The van der Waals surface area contributed by atoms with Crippen LogP contribution in [0.1, 0.15) is 22.9 Å². The summed E-state index contributed by atoms with van der Waals surface area (Å²) in [7, 11) is 0. The van der Waals surface area contributed by atoms with Crippen molar-refractivity contribution < 1.29 is 9.50 Å². The lowest BCUT2D eigenvalue weighted by Gasteiger charge is -2.13. The number of aromatic nitrogens is 1. The van der Waals surface area contributed by atoms with Crippen molar-refractivity contribution in [1.29, 1.82) is 0 Å². The molecule has 0 radical (unpaired) electrons. The zero-order chi connectivity index (χ0) is 12.4. The van der Waals surface area contributed by atoms with Crippen LogP contribution in [0.15, 0.2) is 36.5 Å². The molecule has 1 aromatic carbocycles. The molecule has 0 fully saturated rings. The third-order valence-electron chi connectivity index (χ3n) is 2.49. The van der Waals surface area contributed by atoms with Gasteiger partial charge in [-0.1, -0.05) is 29.3 Å². The van der Waals surface area contributed by atoms with Crippen LogP contribution in [-0.2, 0) is 0 Å². The number of aryl methyl sites for hydroxylation is 1. The van der Waals surface area contributed by atoms with Crippen LogP contribution in [0.3, 0.4) is 0 Å². The summed E-state index contributed by atoms with van der Waals surface area (Å²) in [4.78, 5) is 3.98. The van der Waals surface area contributed by atoms with Gasteiger partial charge >= 0.3 is 0 Å². The standard InChI is InChI=1S/C13H11ClFNO/c1-8-4-5-11(15)9(7-8)13(17)12-10(14)3-2-6-16-12/h2-7,13,17H,1H3. The third-order valence-corrected chi connectivity index (χ3v) is 2.81. The molecule has 0 bridgehead atoms. The molecule has 4 heteroatoms. The highest BCUT2D eigenvalue weighted by Gasteiger charge is 2.18. The summed E-state index contributed by atoms with van der Waals surface area (Å²) in [6.07, 6.45) is 0.363. The SMILES string of the molecule is Cc1ccc(F)c(C(O)c2ncccc2Cl)c1. The van der Waals surface area contributed by atoms with Crippen molar-refractivity contribution in [1.82, 2.24) is 4.98 Å². The molecule has 2 aromatic rings. The van der Waals surface area contributed by atoms with Gasteiger partial charge in [-0.3, -0.25) is 4.98 Å². The first-order chi connectivity index (χ1) is 8.09. The molecule has 2 nitrogen and oxygen atoms in total. The molecule has 1 aromatic heterocycles. The van der Waals surface area contributed by atoms with Crippen LogP contribution in [0.25, 0.3) is 0 Å². The Morgan fingerprint density at radius 2 is 2.12 bits per heavy atom. The van der Waals surface area contributed by atoms with Crippen LogP contribution in [0.4, 0.5) is 4.39 Å². The van der Waals surface area contributed by atoms with E-state index < -0.39 is 11.9 Å². The van der Waals surface area contributed by atoms with E-state index in [1.54, 1.807) is 24.3 Å². The van der Waals surface area contributed by atoms with Gasteiger partial charge in [-0.05, 0) is 25.1 Å². The number of hydrogen-bond donors (Lipinski definition) is 1. The van der Waals surface area contributed by atoms with Crippen LogP contribution < -0.4 is 0 Å². The van der Waals surface area contributed by atoms with Crippen molar-refractivity contribution in [3.8, 4) is 0 Å². The Balaban J connectivity index is 2.47. The molecule has 0 spiro atoms. The van der Waals surface area contributed by atoms with Crippen molar-refractivity contribution >= 4 is 11.6 Å². The summed E-state index contributed by atoms with van der Waals surface area (Å²) in [6, 6.07) is 7.83. The zero-order valence-electron chi connectivity index (χ0n) is 9.19. The van der Waals surface area contributed by atoms with E-state index >= 15 is 0 Å². The summed E-state index contributed by atoms with van der Waals surface area (Å²) < 4.78 is 13.6. The molecule has 1 atom stereocenters. The van der Waals surface area contributed by atoms with Crippen LogP contribution in [0, 0.1) is 12.7 Å². The van der Waals surface area contributed by atoms with Gasteiger partial charge < -0.3 is 5.11 Å².